The second kappa shape index (κ2) is 9.00. The Balaban J connectivity index is 1.57. The van der Waals surface area contributed by atoms with Gasteiger partial charge in [-0.05, 0) is 61.9 Å². The molecule has 0 radical (unpaired) electrons. The van der Waals surface area contributed by atoms with Gasteiger partial charge in [-0.1, -0.05) is 11.2 Å². The van der Waals surface area contributed by atoms with Crippen molar-refractivity contribution in [2.75, 3.05) is 7.11 Å². The quantitative estimate of drug-likeness (QED) is 0.278. The summed E-state index contributed by atoms with van der Waals surface area (Å²) in [4.78, 5) is 17.3. The van der Waals surface area contributed by atoms with E-state index in [0.29, 0.717) is 22.8 Å². The van der Waals surface area contributed by atoms with E-state index in [1.165, 1.54) is 13.2 Å². The molecule has 0 atom stereocenters. The Kier molecular flexibility index (Phi) is 5.97. The van der Waals surface area contributed by atoms with E-state index < -0.39 is 12.0 Å². The fourth-order valence-corrected chi connectivity index (χ4v) is 4.31. The van der Waals surface area contributed by atoms with Crippen molar-refractivity contribution in [3.8, 4) is 22.6 Å². The zero-order valence-electron chi connectivity index (χ0n) is 20.4. The summed E-state index contributed by atoms with van der Waals surface area (Å²) in [7, 11) is 1.41. The van der Waals surface area contributed by atoms with Gasteiger partial charge < -0.3 is 14.0 Å². The first-order chi connectivity index (χ1) is 17.2. The van der Waals surface area contributed by atoms with E-state index in [0.717, 1.165) is 23.9 Å². The number of carbonyl (C=O) groups is 1. The highest BCUT2D eigenvalue weighted by Gasteiger charge is 2.31. The molecule has 0 spiro atoms. The molecule has 3 heterocycles. The first-order valence-corrected chi connectivity index (χ1v) is 11.7. The molecule has 0 N–H and O–H groups in total. The van der Waals surface area contributed by atoms with Crippen molar-refractivity contribution in [1.29, 1.82) is 0 Å². The van der Waals surface area contributed by atoms with E-state index >= 15 is 0 Å². The van der Waals surface area contributed by atoms with Gasteiger partial charge in [-0.25, -0.2) is 4.52 Å². The van der Waals surface area contributed by atoms with Crippen LogP contribution in [0.5, 0.6) is 11.5 Å². The Labute approximate surface area is 206 Å². The third-order valence-electron chi connectivity index (χ3n) is 6.59. The summed E-state index contributed by atoms with van der Waals surface area (Å²) in [6, 6.07) is 6.94. The summed E-state index contributed by atoms with van der Waals surface area (Å²) in [5, 5.41) is 8.54. The van der Waals surface area contributed by atoms with Crippen LogP contribution in [0.15, 0.2) is 41.2 Å². The summed E-state index contributed by atoms with van der Waals surface area (Å²) >= 11 is 0. The first kappa shape index (κ1) is 23.9. The molecule has 0 amide bonds. The molecule has 10 heteroatoms. The Morgan fingerprint density at radius 1 is 1.25 bits per heavy atom. The lowest BCUT2D eigenvalue weighted by Crippen LogP contribution is -2.21. The average molecular weight is 497 g/mol. The Morgan fingerprint density at radius 3 is 2.64 bits per heavy atom. The topological polar surface area (TPSA) is 91.8 Å². The fourth-order valence-electron chi connectivity index (χ4n) is 4.31. The lowest BCUT2D eigenvalue weighted by molar-refractivity contribution is -0.0502. The number of aromatic nitrogens is 4. The number of rotatable bonds is 9. The van der Waals surface area contributed by atoms with Gasteiger partial charge in [-0.15, -0.1) is 0 Å². The minimum Gasteiger partial charge on any atom is -0.496 e. The normalized spacial score (nSPS) is 14.0. The number of alkyl halides is 2. The van der Waals surface area contributed by atoms with E-state index in [1.807, 2.05) is 32.2 Å². The molecule has 4 aromatic rings. The van der Waals surface area contributed by atoms with Gasteiger partial charge in [-0.3, -0.25) is 4.79 Å². The maximum Gasteiger partial charge on any atom is 0.387 e. The van der Waals surface area contributed by atoms with Gasteiger partial charge in [0, 0.05) is 25.1 Å². The smallest absolute Gasteiger partial charge is 0.387 e. The number of hydrogen-bond donors (Lipinski definition) is 0. The summed E-state index contributed by atoms with van der Waals surface area (Å²) in [6.07, 6.45) is 5.71. The van der Waals surface area contributed by atoms with Gasteiger partial charge >= 0.3 is 6.61 Å². The molecule has 36 heavy (non-hydrogen) atoms. The molecule has 3 aromatic heterocycles. The van der Waals surface area contributed by atoms with Crippen molar-refractivity contribution in [2.45, 2.75) is 52.1 Å². The van der Waals surface area contributed by atoms with Crippen molar-refractivity contribution in [3.05, 3.63) is 59.5 Å². The summed E-state index contributed by atoms with van der Waals surface area (Å²) in [5.41, 5.74) is 2.37. The Morgan fingerprint density at radius 2 is 2.00 bits per heavy atom. The monoisotopic (exact) mass is 496 g/mol. The molecule has 0 saturated heterocycles. The maximum absolute atomic E-state index is 13.3. The van der Waals surface area contributed by atoms with Crippen molar-refractivity contribution in [3.63, 3.8) is 0 Å². The van der Waals surface area contributed by atoms with Crippen LogP contribution in [0.2, 0.25) is 0 Å². The lowest BCUT2D eigenvalue weighted by Gasteiger charge is -2.21. The second-order valence-electron chi connectivity index (χ2n) is 9.57. The van der Waals surface area contributed by atoms with E-state index in [9.17, 15) is 13.6 Å². The minimum absolute atomic E-state index is 0.0457. The van der Waals surface area contributed by atoms with E-state index in [-0.39, 0.29) is 35.2 Å². The first-order valence-electron chi connectivity index (χ1n) is 11.7. The molecule has 188 valence electrons. The zero-order valence-corrected chi connectivity index (χ0v) is 20.4. The highest BCUT2D eigenvalue weighted by Crippen LogP contribution is 2.41. The molecule has 1 saturated carbocycles. The number of ketones is 1. The largest absolute Gasteiger partial charge is 0.496 e. The number of Topliss-reactive ketones (excluding diaryl/α,β-unsaturated/α-hetero) is 1. The van der Waals surface area contributed by atoms with Crippen LogP contribution < -0.4 is 9.47 Å². The predicted molar refractivity (Wildman–Crippen MR) is 127 cm³/mol. The Bertz CT molecular complexity index is 1440. The van der Waals surface area contributed by atoms with Gasteiger partial charge in [0.25, 0.3) is 0 Å². The third-order valence-corrected chi connectivity index (χ3v) is 6.59. The molecule has 0 bridgehead atoms. The molecule has 5 rings (SSSR count). The van der Waals surface area contributed by atoms with Crippen LogP contribution in [0, 0.1) is 12.8 Å². The minimum atomic E-state index is -3.08. The van der Waals surface area contributed by atoms with Crippen molar-refractivity contribution < 1.29 is 27.6 Å². The standard InChI is InChI=1S/C26H26F2N4O4/c1-14-30-24(31-36-14)26(2,3)17-7-8-19-18(12-29-32(19)13-17)16-10-21(34-4)23(20(33)9-15-5-6-15)22(11-16)35-25(27)28/h7-8,10-13,15,25H,5-6,9H2,1-4H3. The zero-order chi connectivity index (χ0) is 25.6. The van der Waals surface area contributed by atoms with Crippen LogP contribution in [-0.4, -0.2) is 39.3 Å². The van der Waals surface area contributed by atoms with Gasteiger partial charge in [0.1, 0.15) is 17.1 Å². The average Bonchev–Trinajstić information content (AvgIpc) is 3.36. The maximum atomic E-state index is 13.3. The number of carbonyl (C=O) groups excluding carboxylic acids is 1. The second-order valence-corrected chi connectivity index (χ2v) is 9.57. The highest BCUT2D eigenvalue weighted by atomic mass is 19.3. The third kappa shape index (κ3) is 4.43. The fraction of sp³-hybridized carbons (Fsp3) is 0.385. The Hall–Kier alpha value is -3.82. The molecule has 1 aromatic carbocycles. The van der Waals surface area contributed by atoms with Crippen LogP contribution in [0.3, 0.4) is 0 Å². The summed E-state index contributed by atoms with van der Waals surface area (Å²) in [5.74, 6) is 1.05. The molecule has 1 aliphatic rings. The van der Waals surface area contributed by atoms with Crippen molar-refractivity contribution >= 4 is 11.3 Å². The number of fused-ring (bicyclic) bond motifs is 1. The molecule has 8 nitrogen and oxygen atoms in total. The highest BCUT2D eigenvalue weighted by molar-refractivity contribution is 6.02. The number of halogens is 2. The molecule has 1 fully saturated rings. The van der Waals surface area contributed by atoms with Gasteiger partial charge in [0.15, 0.2) is 11.6 Å². The van der Waals surface area contributed by atoms with Gasteiger partial charge in [0.05, 0.1) is 24.2 Å². The van der Waals surface area contributed by atoms with Crippen molar-refractivity contribution in [1.82, 2.24) is 19.8 Å². The number of aryl methyl sites for hydroxylation is 1. The van der Waals surface area contributed by atoms with Crippen LogP contribution in [0.25, 0.3) is 16.6 Å². The van der Waals surface area contributed by atoms with E-state index in [4.69, 9.17) is 14.0 Å². The number of pyridine rings is 1. The SMILES string of the molecule is COc1cc(-c2cnn3cc(C(C)(C)c4noc(C)n4)ccc23)cc(OC(F)F)c1C(=O)CC1CC1. The molecular weight excluding hydrogens is 470 g/mol. The van der Waals surface area contributed by atoms with E-state index in [1.54, 1.807) is 23.7 Å². The van der Waals surface area contributed by atoms with Crippen molar-refractivity contribution in [2.24, 2.45) is 5.92 Å². The van der Waals surface area contributed by atoms with Crippen LogP contribution >= 0.6 is 0 Å². The summed E-state index contributed by atoms with van der Waals surface area (Å²) in [6.45, 7) is 2.62. The van der Waals surface area contributed by atoms with Crippen LogP contribution in [0.4, 0.5) is 8.78 Å². The number of methoxy groups -OCH3 is 1. The van der Waals surface area contributed by atoms with Gasteiger partial charge in [-0.2, -0.15) is 18.9 Å². The number of hydrogen-bond acceptors (Lipinski definition) is 7. The molecule has 0 unspecified atom stereocenters. The molecule has 0 aliphatic heterocycles. The predicted octanol–water partition coefficient (Wildman–Crippen LogP) is 5.61. The van der Waals surface area contributed by atoms with Crippen LogP contribution in [0.1, 0.15) is 60.7 Å². The number of ether oxygens (including phenoxy) is 2. The summed E-state index contributed by atoms with van der Waals surface area (Å²) < 4.78 is 43.7. The number of nitrogens with zero attached hydrogens (tertiary/aromatic N) is 4. The molecular formula is C26H26F2N4O4. The van der Waals surface area contributed by atoms with E-state index in [2.05, 4.69) is 15.2 Å². The van der Waals surface area contributed by atoms with Gasteiger partial charge in [0.2, 0.25) is 5.89 Å². The van der Waals surface area contributed by atoms with Crippen LogP contribution in [-0.2, 0) is 5.41 Å². The number of benzene rings is 1. The molecule has 1 aliphatic carbocycles. The lowest BCUT2D eigenvalue weighted by atomic mass is 9.85.